The highest BCUT2D eigenvalue weighted by Gasteiger charge is 2.15. The Bertz CT molecular complexity index is 1110. The van der Waals surface area contributed by atoms with E-state index in [0.29, 0.717) is 29.2 Å². The van der Waals surface area contributed by atoms with E-state index in [2.05, 4.69) is 5.32 Å². The molecule has 1 heterocycles. The van der Waals surface area contributed by atoms with Crippen LogP contribution >= 0.6 is 0 Å². The summed E-state index contributed by atoms with van der Waals surface area (Å²) >= 11 is 0. The molecule has 0 radical (unpaired) electrons. The van der Waals surface area contributed by atoms with E-state index in [0.717, 1.165) is 21.9 Å². The third kappa shape index (κ3) is 3.25. The largest absolute Gasteiger partial charge is 0.495 e. The third-order valence-corrected chi connectivity index (χ3v) is 4.47. The molecule has 136 valence electrons. The van der Waals surface area contributed by atoms with Crippen LogP contribution < -0.4 is 10.1 Å². The molecule has 0 saturated carbocycles. The lowest BCUT2D eigenvalue weighted by atomic mass is 10.1. The van der Waals surface area contributed by atoms with Gasteiger partial charge in [0.15, 0.2) is 0 Å². The van der Waals surface area contributed by atoms with Crippen molar-refractivity contribution in [1.29, 1.82) is 0 Å². The predicted octanol–water partition coefficient (Wildman–Crippen LogP) is 4.99. The molecular weight excluding hydrogens is 342 g/mol. The minimum atomic E-state index is -0.215. The van der Waals surface area contributed by atoms with E-state index < -0.39 is 0 Å². The maximum atomic E-state index is 12.6. The highest BCUT2D eigenvalue weighted by Crippen LogP contribution is 2.36. The molecule has 0 fully saturated rings. The summed E-state index contributed by atoms with van der Waals surface area (Å²) in [6.45, 7) is 0.512. The van der Waals surface area contributed by atoms with E-state index in [-0.39, 0.29) is 5.91 Å². The van der Waals surface area contributed by atoms with Crippen molar-refractivity contribution in [2.24, 2.45) is 0 Å². The zero-order valence-electron chi connectivity index (χ0n) is 15.1. The summed E-state index contributed by atoms with van der Waals surface area (Å²) in [6.07, 6.45) is 0. The fourth-order valence-electron chi connectivity index (χ4n) is 3.13. The molecule has 0 atom stereocenters. The zero-order valence-corrected chi connectivity index (χ0v) is 15.1. The summed E-state index contributed by atoms with van der Waals surface area (Å²) in [5.74, 6) is 0.367. The molecule has 1 aromatic heterocycles. The lowest BCUT2D eigenvalue weighted by molar-refractivity contribution is 0.102. The topological polar surface area (TPSA) is 60.7 Å². The number of methoxy groups -OCH3 is 2. The normalized spacial score (nSPS) is 11.0. The van der Waals surface area contributed by atoms with Gasteiger partial charge in [0.05, 0.1) is 19.4 Å². The molecule has 3 aromatic carbocycles. The van der Waals surface area contributed by atoms with E-state index in [1.165, 1.54) is 0 Å². The minimum absolute atomic E-state index is 0.215. The number of hydrogen-bond donors (Lipinski definition) is 1. The SMILES string of the molecule is COCc1ccc(C(=O)Nc2cc3oc4ccccc4c3cc2OC)cc1. The van der Waals surface area contributed by atoms with Gasteiger partial charge in [-0.1, -0.05) is 30.3 Å². The number of amides is 1. The van der Waals surface area contributed by atoms with Gasteiger partial charge in [-0.05, 0) is 29.8 Å². The molecule has 4 rings (SSSR count). The molecule has 0 spiro atoms. The summed E-state index contributed by atoms with van der Waals surface area (Å²) in [4.78, 5) is 12.6. The maximum Gasteiger partial charge on any atom is 0.255 e. The molecule has 0 saturated heterocycles. The molecule has 1 N–H and O–H groups in total. The molecular formula is C22H19NO4. The summed E-state index contributed by atoms with van der Waals surface area (Å²) in [5.41, 5.74) is 3.63. The quantitative estimate of drug-likeness (QED) is 0.544. The van der Waals surface area contributed by atoms with Crippen molar-refractivity contribution >= 4 is 33.5 Å². The van der Waals surface area contributed by atoms with Gasteiger partial charge in [-0.15, -0.1) is 0 Å². The monoisotopic (exact) mass is 361 g/mol. The van der Waals surface area contributed by atoms with Gasteiger partial charge in [0, 0.05) is 29.5 Å². The number of anilines is 1. The van der Waals surface area contributed by atoms with E-state index in [1.54, 1.807) is 32.4 Å². The fraction of sp³-hybridized carbons (Fsp3) is 0.136. The molecule has 0 bridgehead atoms. The highest BCUT2D eigenvalue weighted by atomic mass is 16.5. The van der Waals surface area contributed by atoms with Crippen LogP contribution in [-0.2, 0) is 11.3 Å². The Morgan fingerprint density at radius 2 is 1.74 bits per heavy atom. The van der Waals surface area contributed by atoms with E-state index in [4.69, 9.17) is 13.9 Å². The van der Waals surface area contributed by atoms with Crippen LogP contribution in [0.2, 0.25) is 0 Å². The number of carbonyl (C=O) groups excluding carboxylic acids is 1. The number of ether oxygens (including phenoxy) is 2. The average molecular weight is 361 g/mol. The number of rotatable bonds is 5. The van der Waals surface area contributed by atoms with Crippen molar-refractivity contribution in [2.75, 3.05) is 19.5 Å². The standard InChI is InChI=1S/C22H19NO4/c1-25-13-14-7-9-15(10-8-14)22(24)23-18-12-20-17(11-21(18)26-2)16-5-3-4-6-19(16)27-20/h3-12H,13H2,1-2H3,(H,23,24). The Morgan fingerprint density at radius 1 is 0.963 bits per heavy atom. The number of carbonyl (C=O) groups is 1. The molecule has 0 unspecified atom stereocenters. The van der Waals surface area contributed by atoms with Gasteiger partial charge in [-0.3, -0.25) is 4.79 Å². The maximum absolute atomic E-state index is 12.6. The third-order valence-electron chi connectivity index (χ3n) is 4.47. The second-order valence-corrected chi connectivity index (χ2v) is 6.23. The Labute approximate surface area is 156 Å². The van der Waals surface area contributed by atoms with Crippen LogP contribution in [0.1, 0.15) is 15.9 Å². The van der Waals surface area contributed by atoms with Crippen molar-refractivity contribution in [3.05, 3.63) is 71.8 Å². The van der Waals surface area contributed by atoms with Crippen LogP contribution in [-0.4, -0.2) is 20.1 Å². The first kappa shape index (κ1) is 17.1. The second kappa shape index (κ2) is 7.13. The number of para-hydroxylation sites is 1. The van der Waals surface area contributed by atoms with Crippen LogP contribution in [0.3, 0.4) is 0 Å². The van der Waals surface area contributed by atoms with E-state index in [9.17, 15) is 4.79 Å². The van der Waals surface area contributed by atoms with Crippen molar-refractivity contribution in [2.45, 2.75) is 6.61 Å². The summed E-state index contributed by atoms with van der Waals surface area (Å²) in [7, 11) is 3.22. The van der Waals surface area contributed by atoms with Crippen LogP contribution in [0.15, 0.2) is 65.1 Å². The van der Waals surface area contributed by atoms with Crippen LogP contribution in [0.25, 0.3) is 21.9 Å². The summed E-state index contributed by atoms with van der Waals surface area (Å²) < 4.78 is 16.5. The Morgan fingerprint density at radius 3 is 2.48 bits per heavy atom. The number of fused-ring (bicyclic) bond motifs is 3. The first-order chi connectivity index (χ1) is 13.2. The van der Waals surface area contributed by atoms with Gasteiger partial charge >= 0.3 is 0 Å². The van der Waals surface area contributed by atoms with Crippen molar-refractivity contribution < 1.29 is 18.7 Å². The lowest BCUT2D eigenvalue weighted by Gasteiger charge is -2.11. The van der Waals surface area contributed by atoms with Crippen molar-refractivity contribution in [3.63, 3.8) is 0 Å². The van der Waals surface area contributed by atoms with Crippen LogP contribution in [0.5, 0.6) is 5.75 Å². The molecule has 0 aliphatic rings. The Hall–Kier alpha value is -3.31. The van der Waals surface area contributed by atoms with Crippen LogP contribution in [0.4, 0.5) is 5.69 Å². The van der Waals surface area contributed by atoms with E-state index in [1.807, 2.05) is 42.5 Å². The van der Waals surface area contributed by atoms with Gasteiger partial charge in [-0.25, -0.2) is 0 Å². The number of nitrogens with one attached hydrogen (secondary N) is 1. The predicted molar refractivity (Wildman–Crippen MR) is 105 cm³/mol. The van der Waals surface area contributed by atoms with Gasteiger partial charge in [0.1, 0.15) is 16.9 Å². The second-order valence-electron chi connectivity index (χ2n) is 6.23. The molecule has 27 heavy (non-hydrogen) atoms. The molecule has 1 amide bonds. The van der Waals surface area contributed by atoms with Gasteiger partial charge in [0.2, 0.25) is 0 Å². The van der Waals surface area contributed by atoms with Crippen LogP contribution in [0, 0.1) is 0 Å². The molecule has 4 aromatic rings. The summed E-state index contributed by atoms with van der Waals surface area (Å²) in [6, 6.07) is 18.8. The molecule has 5 heteroatoms. The van der Waals surface area contributed by atoms with Crippen molar-refractivity contribution in [1.82, 2.24) is 0 Å². The fourth-order valence-corrected chi connectivity index (χ4v) is 3.13. The first-order valence-electron chi connectivity index (χ1n) is 8.58. The molecule has 0 aliphatic heterocycles. The molecule has 5 nitrogen and oxygen atoms in total. The zero-order chi connectivity index (χ0) is 18.8. The van der Waals surface area contributed by atoms with E-state index >= 15 is 0 Å². The number of hydrogen-bond acceptors (Lipinski definition) is 4. The molecule has 0 aliphatic carbocycles. The van der Waals surface area contributed by atoms with Crippen molar-refractivity contribution in [3.8, 4) is 5.75 Å². The number of furan rings is 1. The first-order valence-corrected chi connectivity index (χ1v) is 8.58. The van der Waals surface area contributed by atoms with Gasteiger partial charge in [0.25, 0.3) is 5.91 Å². The minimum Gasteiger partial charge on any atom is -0.495 e. The lowest BCUT2D eigenvalue weighted by Crippen LogP contribution is -2.12. The van der Waals surface area contributed by atoms with Gasteiger partial charge in [-0.2, -0.15) is 0 Å². The Balaban J connectivity index is 1.68. The van der Waals surface area contributed by atoms with Gasteiger partial charge < -0.3 is 19.2 Å². The average Bonchev–Trinajstić information content (AvgIpc) is 3.05. The smallest absolute Gasteiger partial charge is 0.255 e. The summed E-state index contributed by atoms with van der Waals surface area (Å²) in [5, 5.41) is 4.87. The number of benzene rings is 3. The Kier molecular flexibility index (Phi) is 4.52. The highest BCUT2D eigenvalue weighted by molar-refractivity contribution is 6.10.